The van der Waals surface area contributed by atoms with E-state index in [1.54, 1.807) is 24.3 Å². The molecule has 0 spiro atoms. The molecule has 2 aromatic rings. The number of hydrogen-bond donors (Lipinski definition) is 1. The van der Waals surface area contributed by atoms with Crippen molar-refractivity contribution in [2.24, 2.45) is 0 Å². The Hall–Kier alpha value is -2.02. The smallest absolute Gasteiger partial charge is 0.131 e. The molecule has 0 bridgehead atoms. The van der Waals surface area contributed by atoms with E-state index in [4.69, 9.17) is 4.74 Å². The number of piperazine rings is 1. The van der Waals surface area contributed by atoms with Gasteiger partial charge in [-0.15, -0.1) is 0 Å². The van der Waals surface area contributed by atoms with Crippen LogP contribution in [-0.2, 0) is 13.1 Å². The highest BCUT2D eigenvalue weighted by Crippen LogP contribution is 2.22. The van der Waals surface area contributed by atoms with Crippen LogP contribution in [0.4, 0.5) is 8.78 Å². The van der Waals surface area contributed by atoms with Crippen LogP contribution in [0, 0.1) is 11.6 Å². The first-order chi connectivity index (χ1) is 13.1. The van der Waals surface area contributed by atoms with Gasteiger partial charge in [0.25, 0.3) is 0 Å². The highest BCUT2D eigenvalue weighted by Gasteiger charge is 2.27. The second kappa shape index (κ2) is 9.26. The number of methoxy groups -OCH3 is 1. The SMILES string of the molecule is COc1ccc(CN2CCN(Cc3ccccc3F)[C@H](CCO)C2)c(F)c1. The topological polar surface area (TPSA) is 35.9 Å². The van der Waals surface area contributed by atoms with E-state index in [0.717, 1.165) is 13.1 Å². The lowest BCUT2D eigenvalue weighted by Gasteiger charge is -2.41. The van der Waals surface area contributed by atoms with Gasteiger partial charge in [0, 0.05) is 62.6 Å². The second-order valence-electron chi connectivity index (χ2n) is 6.92. The van der Waals surface area contributed by atoms with E-state index >= 15 is 0 Å². The maximum atomic E-state index is 14.2. The van der Waals surface area contributed by atoms with Gasteiger partial charge in [-0.1, -0.05) is 24.3 Å². The van der Waals surface area contributed by atoms with Crippen molar-refractivity contribution in [3.05, 3.63) is 65.2 Å². The minimum atomic E-state index is -0.276. The summed E-state index contributed by atoms with van der Waals surface area (Å²) >= 11 is 0. The molecule has 1 aliphatic heterocycles. The molecule has 6 heteroatoms. The Morgan fingerprint density at radius 1 is 1.04 bits per heavy atom. The zero-order chi connectivity index (χ0) is 19.2. The minimum absolute atomic E-state index is 0.0726. The Morgan fingerprint density at radius 3 is 2.52 bits per heavy atom. The van der Waals surface area contributed by atoms with Gasteiger partial charge in [-0.05, 0) is 18.6 Å². The van der Waals surface area contributed by atoms with Gasteiger partial charge in [-0.3, -0.25) is 9.80 Å². The molecule has 146 valence electrons. The molecule has 1 fully saturated rings. The van der Waals surface area contributed by atoms with Gasteiger partial charge >= 0.3 is 0 Å². The van der Waals surface area contributed by atoms with E-state index in [-0.39, 0.29) is 24.3 Å². The van der Waals surface area contributed by atoms with Gasteiger partial charge in [0.05, 0.1) is 7.11 Å². The van der Waals surface area contributed by atoms with E-state index in [2.05, 4.69) is 9.80 Å². The predicted molar refractivity (Wildman–Crippen MR) is 101 cm³/mol. The maximum absolute atomic E-state index is 14.2. The minimum Gasteiger partial charge on any atom is -0.497 e. The lowest BCUT2D eigenvalue weighted by Crippen LogP contribution is -2.52. The van der Waals surface area contributed by atoms with Crippen LogP contribution in [0.2, 0.25) is 0 Å². The van der Waals surface area contributed by atoms with E-state index in [1.165, 1.54) is 19.2 Å². The number of aliphatic hydroxyl groups excluding tert-OH is 1. The largest absolute Gasteiger partial charge is 0.497 e. The van der Waals surface area contributed by atoms with Crippen molar-refractivity contribution < 1.29 is 18.6 Å². The number of halogens is 2. The third-order valence-corrected chi connectivity index (χ3v) is 5.14. The molecule has 0 saturated carbocycles. The standard InChI is InChI=1S/C21H26F2N2O2/c1-27-19-7-6-17(21(23)12-19)13-24-9-10-25(18(15-24)8-11-26)14-16-4-2-3-5-20(16)22/h2-7,12,18,26H,8-11,13-15H2,1H3/t18-/m1/s1. The van der Waals surface area contributed by atoms with Gasteiger partial charge in [-0.2, -0.15) is 0 Å². The van der Waals surface area contributed by atoms with Crippen molar-refractivity contribution in [3.63, 3.8) is 0 Å². The van der Waals surface area contributed by atoms with E-state index in [9.17, 15) is 13.9 Å². The first-order valence-corrected chi connectivity index (χ1v) is 9.23. The number of nitrogens with zero attached hydrogens (tertiary/aromatic N) is 2. The van der Waals surface area contributed by atoms with Gasteiger partial charge in [0.1, 0.15) is 17.4 Å². The normalized spacial score (nSPS) is 18.6. The van der Waals surface area contributed by atoms with Crippen LogP contribution in [0.5, 0.6) is 5.75 Å². The highest BCUT2D eigenvalue weighted by atomic mass is 19.1. The number of aliphatic hydroxyl groups is 1. The third-order valence-electron chi connectivity index (χ3n) is 5.14. The molecule has 0 unspecified atom stereocenters. The van der Waals surface area contributed by atoms with Crippen molar-refractivity contribution in [3.8, 4) is 5.75 Å². The van der Waals surface area contributed by atoms with E-state index < -0.39 is 0 Å². The van der Waals surface area contributed by atoms with Crippen molar-refractivity contribution in [2.45, 2.75) is 25.6 Å². The van der Waals surface area contributed by atoms with Crippen LogP contribution in [0.3, 0.4) is 0 Å². The molecule has 0 aromatic heterocycles. The molecule has 1 aliphatic rings. The third kappa shape index (κ3) is 5.03. The Kier molecular flexibility index (Phi) is 6.77. The summed E-state index contributed by atoms with van der Waals surface area (Å²) in [5.74, 6) is 0.0222. The van der Waals surface area contributed by atoms with Crippen molar-refractivity contribution >= 4 is 0 Å². The molecule has 1 saturated heterocycles. The van der Waals surface area contributed by atoms with Gasteiger partial charge < -0.3 is 9.84 Å². The van der Waals surface area contributed by atoms with Crippen molar-refractivity contribution in [2.75, 3.05) is 33.4 Å². The molecule has 2 aromatic carbocycles. The second-order valence-corrected chi connectivity index (χ2v) is 6.92. The van der Waals surface area contributed by atoms with Crippen LogP contribution in [0.15, 0.2) is 42.5 Å². The summed E-state index contributed by atoms with van der Waals surface area (Å²) in [7, 11) is 1.52. The number of ether oxygens (including phenoxy) is 1. The van der Waals surface area contributed by atoms with Crippen LogP contribution >= 0.6 is 0 Å². The highest BCUT2D eigenvalue weighted by molar-refractivity contribution is 5.29. The fourth-order valence-corrected chi connectivity index (χ4v) is 3.60. The summed E-state index contributed by atoms with van der Waals surface area (Å²) in [6, 6.07) is 11.8. The van der Waals surface area contributed by atoms with Crippen LogP contribution in [0.1, 0.15) is 17.5 Å². The van der Waals surface area contributed by atoms with Gasteiger partial charge in [0.15, 0.2) is 0 Å². The first-order valence-electron chi connectivity index (χ1n) is 9.23. The van der Waals surface area contributed by atoms with Crippen LogP contribution in [-0.4, -0.2) is 54.3 Å². The van der Waals surface area contributed by atoms with Gasteiger partial charge in [-0.25, -0.2) is 8.78 Å². The fraction of sp³-hybridized carbons (Fsp3) is 0.429. The lowest BCUT2D eigenvalue weighted by atomic mass is 10.1. The Labute approximate surface area is 159 Å². The maximum Gasteiger partial charge on any atom is 0.131 e. The molecule has 1 heterocycles. The molecular weight excluding hydrogens is 350 g/mol. The molecule has 0 amide bonds. The summed E-state index contributed by atoms with van der Waals surface area (Å²) < 4.78 is 33.3. The predicted octanol–water partition coefficient (Wildman–Crippen LogP) is 3.04. The van der Waals surface area contributed by atoms with E-state index in [1.807, 2.05) is 6.07 Å². The van der Waals surface area contributed by atoms with Crippen molar-refractivity contribution in [1.29, 1.82) is 0 Å². The van der Waals surface area contributed by atoms with E-state index in [0.29, 0.717) is 42.9 Å². The summed E-state index contributed by atoms with van der Waals surface area (Å²) in [6.45, 7) is 3.32. The monoisotopic (exact) mass is 376 g/mol. The number of hydrogen-bond acceptors (Lipinski definition) is 4. The molecule has 4 nitrogen and oxygen atoms in total. The molecule has 0 radical (unpaired) electrons. The van der Waals surface area contributed by atoms with Crippen LogP contribution < -0.4 is 4.74 Å². The number of benzene rings is 2. The number of rotatable bonds is 7. The zero-order valence-corrected chi connectivity index (χ0v) is 15.6. The Morgan fingerprint density at radius 2 is 1.81 bits per heavy atom. The molecule has 1 atom stereocenters. The summed E-state index contributed by atoms with van der Waals surface area (Å²) in [5.41, 5.74) is 1.29. The fourth-order valence-electron chi connectivity index (χ4n) is 3.60. The quantitative estimate of drug-likeness (QED) is 0.806. The molecule has 0 aliphatic carbocycles. The average Bonchev–Trinajstić information content (AvgIpc) is 2.67. The van der Waals surface area contributed by atoms with Crippen molar-refractivity contribution in [1.82, 2.24) is 9.80 Å². The van der Waals surface area contributed by atoms with Crippen LogP contribution in [0.25, 0.3) is 0 Å². The molecule has 1 N–H and O–H groups in total. The molecule has 27 heavy (non-hydrogen) atoms. The summed E-state index contributed by atoms with van der Waals surface area (Å²) in [6.07, 6.45) is 0.607. The molecule has 3 rings (SSSR count). The summed E-state index contributed by atoms with van der Waals surface area (Å²) in [5, 5.41) is 9.44. The Balaban J connectivity index is 1.66. The molecular formula is C21H26F2N2O2. The average molecular weight is 376 g/mol. The first kappa shape index (κ1) is 19.7. The zero-order valence-electron chi connectivity index (χ0n) is 15.6. The summed E-state index contributed by atoms with van der Waals surface area (Å²) in [4.78, 5) is 4.39. The lowest BCUT2D eigenvalue weighted by molar-refractivity contribution is 0.0488. The Bertz CT molecular complexity index is 757. The van der Waals surface area contributed by atoms with Gasteiger partial charge in [0.2, 0.25) is 0 Å².